The van der Waals surface area contributed by atoms with Crippen LogP contribution in [0.5, 0.6) is 0 Å². The molecule has 3 heteroatoms. The maximum atomic E-state index is 10.8. The molecule has 1 saturated carbocycles. The molecule has 0 unspecified atom stereocenters. The summed E-state index contributed by atoms with van der Waals surface area (Å²) in [7, 11) is 0. The molecule has 0 atom stereocenters. The number of azo groups is 1. The van der Waals surface area contributed by atoms with Gasteiger partial charge in [-0.15, -0.1) is 0 Å². The lowest BCUT2D eigenvalue weighted by molar-refractivity contribution is -0.589. The fourth-order valence-corrected chi connectivity index (χ4v) is 1.65. The maximum absolute atomic E-state index is 10.8. The van der Waals surface area contributed by atoms with Crippen LogP contribution in [0.25, 0.3) is 0 Å². The molecule has 0 radical (unpaired) electrons. The Kier molecular flexibility index (Phi) is 0.976. The first-order valence-corrected chi connectivity index (χ1v) is 3.53. The predicted octanol–water partition coefficient (Wildman–Crippen LogP) is 1.27. The van der Waals surface area contributed by atoms with Crippen molar-refractivity contribution in [3.63, 3.8) is 0 Å². The van der Waals surface area contributed by atoms with Gasteiger partial charge in [0.15, 0.2) is 6.04 Å². The highest BCUT2D eigenvalue weighted by molar-refractivity contribution is 4.77. The standard InChI is InChI=1S/C6H10N2O/c9-8-6-3-1-5(7-8)2-4-6/h5-6H,1-4H2. The number of hydrogen-bond acceptors (Lipinski definition) is 2. The van der Waals surface area contributed by atoms with Crippen molar-refractivity contribution >= 4 is 0 Å². The van der Waals surface area contributed by atoms with E-state index >= 15 is 0 Å². The first-order valence-electron chi connectivity index (χ1n) is 3.53. The topological polar surface area (TPSA) is 38.4 Å². The van der Waals surface area contributed by atoms with Crippen molar-refractivity contribution in [1.82, 2.24) is 0 Å². The number of hydrogen-bond donors (Lipinski definition) is 0. The average Bonchev–Trinajstić information content (AvgIpc) is 1.90. The highest BCUT2D eigenvalue weighted by Gasteiger charge is 2.33. The summed E-state index contributed by atoms with van der Waals surface area (Å²) in [6.45, 7) is 0. The molecule has 3 rings (SSSR count). The molecule has 0 aromatic rings. The van der Waals surface area contributed by atoms with Crippen LogP contribution in [0.2, 0.25) is 0 Å². The van der Waals surface area contributed by atoms with Crippen molar-refractivity contribution in [2.24, 2.45) is 5.11 Å². The van der Waals surface area contributed by atoms with Gasteiger partial charge in [0.05, 0.1) is 0 Å². The molecule has 1 aliphatic carbocycles. The lowest BCUT2D eigenvalue weighted by Gasteiger charge is -2.27. The van der Waals surface area contributed by atoms with Gasteiger partial charge in [0.2, 0.25) is 0 Å². The molecule has 3 aliphatic rings. The summed E-state index contributed by atoms with van der Waals surface area (Å²) >= 11 is 0. The fraction of sp³-hybridized carbons (Fsp3) is 1.00. The highest BCUT2D eigenvalue weighted by atomic mass is 16.5. The molecule has 0 spiro atoms. The molecule has 50 valence electrons. The zero-order valence-electron chi connectivity index (χ0n) is 5.29. The first-order chi connectivity index (χ1) is 4.36. The SMILES string of the molecule is [O-][N+]1=NC2CCC1CC2. The van der Waals surface area contributed by atoms with Gasteiger partial charge < -0.3 is 5.21 Å². The van der Waals surface area contributed by atoms with E-state index in [0.29, 0.717) is 6.04 Å². The zero-order chi connectivity index (χ0) is 6.27. The van der Waals surface area contributed by atoms with E-state index in [1.165, 1.54) is 0 Å². The van der Waals surface area contributed by atoms with E-state index in [2.05, 4.69) is 5.11 Å². The monoisotopic (exact) mass is 126 g/mol. The number of fused-ring (bicyclic) bond motifs is 2. The number of hydroxylamine groups is 1. The van der Waals surface area contributed by atoms with Gasteiger partial charge in [-0.25, -0.2) is 0 Å². The molecule has 2 aliphatic heterocycles. The lowest BCUT2D eigenvalue weighted by Crippen LogP contribution is -2.35. The third kappa shape index (κ3) is 0.713. The minimum atomic E-state index is 0.231. The summed E-state index contributed by atoms with van der Waals surface area (Å²) in [5.74, 6) is 0. The Morgan fingerprint density at radius 2 is 1.89 bits per heavy atom. The van der Waals surface area contributed by atoms with Crippen molar-refractivity contribution in [2.75, 3.05) is 0 Å². The third-order valence-corrected chi connectivity index (χ3v) is 2.26. The van der Waals surface area contributed by atoms with Crippen molar-refractivity contribution in [3.8, 4) is 0 Å². The highest BCUT2D eigenvalue weighted by Crippen LogP contribution is 2.28. The third-order valence-electron chi connectivity index (χ3n) is 2.26. The summed E-state index contributed by atoms with van der Waals surface area (Å²) in [5.41, 5.74) is 0. The predicted molar refractivity (Wildman–Crippen MR) is 32.1 cm³/mol. The Balaban J connectivity index is 2.25. The van der Waals surface area contributed by atoms with Gasteiger partial charge in [0.1, 0.15) is 6.04 Å². The summed E-state index contributed by atoms with van der Waals surface area (Å²) in [5, 5.41) is 14.7. The van der Waals surface area contributed by atoms with Crippen molar-refractivity contribution in [1.29, 1.82) is 0 Å². The normalized spacial score (nSPS) is 40.7. The van der Waals surface area contributed by atoms with Crippen LogP contribution in [0.1, 0.15) is 25.7 Å². The molecule has 3 nitrogen and oxygen atoms in total. The summed E-state index contributed by atoms with van der Waals surface area (Å²) in [6, 6.07) is 0.600. The van der Waals surface area contributed by atoms with Gasteiger partial charge in [-0.2, -0.15) is 0 Å². The lowest BCUT2D eigenvalue weighted by atomic mass is 9.90. The molecule has 0 saturated heterocycles. The molecule has 2 bridgehead atoms. The van der Waals surface area contributed by atoms with Gasteiger partial charge in [-0.1, -0.05) is 4.86 Å². The van der Waals surface area contributed by atoms with Crippen LogP contribution < -0.4 is 0 Å². The van der Waals surface area contributed by atoms with Crippen molar-refractivity contribution < 1.29 is 4.86 Å². The molecular formula is C6H10N2O. The Morgan fingerprint density at radius 1 is 1.22 bits per heavy atom. The maximum Gasteiger partial charge on any atom is 0.190 e. The Bertz CT molecular complexity index is 147. The van der Waals surface area contributed by atoms with Gasteiger partial charge >= 0.3 is 0 Å². The minimum Gasteiger partial charge on any atom is -0.600 e. The Hall–Kier alpha value is -0.600. The number of nitrogens with zero attached hydrogens (tertiary/aromatic N) is 2. The molecule has 0 amide bonds. The van der Waals surface area contributed by atoms with Crippen molar-refractivity contribution in [3.05, 3.63) is 5.21 Å². The van der Waals surface area contributed by atoms with Crippen molar-refractivity contribution in [2.45, 2.75) is 37.8 Å². The summed E-state index contributed by atoms with van der Waals surface area (Å²) in [6.07, 6.45) is 4.42. The summed E-state index contributed by atoms with van der Waals surface area (Å²) < 4.78 is 0. The van der Waals surface area contributed by atoms with Gasteiger partial charge in [0, 0.05) is 12.8 Å². The molecule has 0 aromatic carbocycles. The van der Waals surface area contributed by atoms with Gasteiger partial charge in [0.25, 0.3) is 0 Å². The molecule has 0 aromatic heterocycles. The van der Waals surface area contributed by atoms with Crippen LogP contribution in [0.4, 0.5) is 0 Å². The fourth-order valence-electron chi connectivity index (χ4n) is 1.65. The van der Waals surface area contributed by atoms with E-state index < -0.39 is 0 Å². The van der Waals surface area contributed by atoms with E-state index in [0.717, 1.165) is 30.5 Å². The van der Waals surface area contributed by atoms with Gasteiger partial charge in [-0.3, -0.25) is 0 Å². The Labute approximate surface area is 54.0 Å². The largest absolute Gasteiger partial charge is 0.600 e. The van der Waals surface area contributed by atoms with E-state index in [-0.39, 0.29) is 6.04 Å². The quantitative estimate of drug-likeness (QED) is 0.356. The zero-order valence-corrected chi connectivity index (χ0v) is 5.29. The van der Waals surface area contributed by atoms with Crippen LogP contribution in [0.15, 0.2) is 5.11 Å². The second kappa shape index (κ2) is 1.69. The van der Waals surface area contributed by atoms with E-state index in [4.69, 9.17) is 0 Å². The van der Waals surface area contributed by atoms with Crippen LogP contribution in [0.3, 0.4) is 0 Å². The molecule has 0 N–H and O–H groups in total. The first kappa shape index (κ1) is 5.21. The van der Waals surface area contributed by atoms with E-state index in [1.54, 1.807) is 0 Å². The minimum absolute atomic E-state index is 0.231. The van der Waals surface area contributed by atoms with Gasteiger partial charge in [-0.05, 0) is 18.0 Å². The molecule has 1 fully saturated rings. The Morgan fingerprint density at radius 3 is 2.11 bits per heavy atom. The molecule has 2 heterocycles. The number of rotatable bonds is 0. The molecule has 9 heavy (non-hydrogen) atoms. The van der Waals surface area contributed by atoms with Crippen LogP contribution in [-0.2, 0) is 0 Å². The van der Waals surface area contributed by atoms with Crippen LogP contribution >= 0.6 is 0 Å². The molecular weight excluding hydrogens is 116 g/mol. The van der Waals surface area contributed by atoms with E-state index in [1.807, 2.05) is 0 Å². The smallest absolute Gasteiger partial charge is 0.190 e. The second-order valence-corrected chi connectivity index (χ2v) is 2.88. The van der Waals surface area contributed by atoms with Crippen LogP contribution in [0, 0.1) is 5.21 Å². The second-order valence-electron chi connectivity index (χ2n) is 2.88. The summed E-state index contributed by atoms with van der Waals surface area (Å²) in [4.78, 5) is 0.914. The van der Waals surface area contributed by atoms with E-state index in [9.17, 15) is 5.21 Å². The van der Waals surface area contributed by atoms with Crippen LogP contribution in [-0.4, -0.2) is 16.9 Å². The average molecular weight is 126 g/mol.